The van der Waals surface area contributed by atoms with Gasteiger partial charge in [-0.3, -0.25) is 0 Å². The summed E-state index contributed by atoms with van der Waals surface area (Å²) in [5.74, 6) is 0. The lowest BCUT2D eigenvalue weighted by Crippen LogP contribution is -2.42. The third kappa shape index (κ3) is 3.90. The van der Waals surface area contributed by atoms with Gasteiger partial charge >= 0.3 is 0 Å². The summed E-state index contributed by atoms with van der Waals surface area (Å²) in [6.07, 6.45) is 1.93. The van der Waals surface area contributed by atoms with Crippen molar-refractivity contribution in [3.63, 3.8) is 0 Å². The minimum absolute atomic E-state index is 0.630. The predicted molar refractivity (Wildman–Crippen MR) is 133 cm³/mol. The molecule has 0 aliphatic heterocycles. The Morgan fingerprint density at radius 2 is 0.968 bits per heavy atom. The summed E-state index contributed by atoms with van der Waals surface area (Å²) in [6, 6.07) is 38.3. The zero-order valence-corrected chi connectivity index (χ0v) is 19.0. The van der Waals surface area contributed by atoms with Crippen LogP contribution in [0.25, 0.3) is 0 Å². The van der Waals surface area contributed by atoms with Crippen LogP contribution >= 0.6 is 18.9 Å². The molecule has 4 rings (SSSR count). The second-order valence-corrected chi connectivity index (χ2v) is 11.6. The van der Waals surface area contributed by atoms with Gasteiger partial charge in [-0.1, -0.05) is 121 Å². The maximum atomic E-state index is 15.2. The van der Waals surface area contributed by atoms with Crippen LogP contribution < -0.4 is 10.6 Å². The number of hydrogen-bond acceptors (Lipinski definition) is 3. The Labute approximate surface area is 188 Å². The van der Waals surface area contributed by atoms with Gasteiger partial charge in [0.15, 0.2) is 7.14 Å². The normalized spacial score (nSPS) is 13.0. The van der Waals surface area contributed by atoms with E-state index in [0.29, 0.717) is 0 Å². The molecule has 0 aliphatic rings. The van der Waals surface area contributed by atoms with Crippen molar-refractivity contribution in [2.75, 3.05) is 6.26 Å². The molecule has 0 saturated heterocycles. The molecule has 31 heavy (non-hydrogen) atoms. The molecule has 2 nitrogen and oxygen atoms in total. The summed E-state index contributed by atoms with van der Waals surface area (Å²) in [5.41, 5.74) is 0.00338. The van der Waals surface area contributed by atoms with E-state index in [1.165, 1.54) is 11.8 Å². The van der Waals surface area contributed by atoms with E-state index >= 15 is 4.57 Å². The van der Waals surface area contributed by atoms with Gasteiger partial charge < -0.3 is 9.67 Å². The van der Waals surface area contributed by atoms with E-state index in [9.17, 15) is 5.11 Å². The number of benzene rings is 4. The topological polar surface area (TPSA) is 37.3 Å². The predicted octanol–water partition coefficient (Wildman–Crippen LogP) is 5.63. The standard InChI is InChI=1S/C27H25O2PS/c1-31-26(27(28,22-14-6-2-7-15-22)23-16-8-3-9-17-23)30(29,24-18-10-4-11-19-24)25-20-12-5-13-21-25/h2-21,26,28H,1H3. The largest absolute Gasteiger partial charge is 0.379 e. The smallest absolute Gasteiger partial charge is 0.159 e. The van der Waals surface area contributed by atoms with E-state index in [1.54, 1.807) is 0 Å². The van der Waals surface area contributed by atoms with E-state index in [1.807, 2.05) is 128 Å². The number of rotatable bonds is 7. The van der Waals surface area contributed by atoms with Crippen molar-refractivity contribution in [3.8, 4) is 0 Å². The number of thioether (sulfide) groups is 1. The molecule has 0 saturated carbocycles. The van der Waals surface area contributed by atoms with E-state index in [4.69, 9.17) is 0 Å². The average molecular weight is 445 g/mol. The van der Waals surface area contributed by atoms with Gasteiger partial charge in [-0.15, -0.1) is 11.8 Å². The van der Waals surface area contributed by atoms with E-state index in [2.05, 4.69) is 0 Å². The summed E-state index contributed by atoms with van der Waals surface area (Å²) in [5, 5.41) is 14.0. The van der Waals surface area contributed by atoms with Gasteiger partial charge in [-0.25, -0.2) is 0 Å². The van der Waals surface area contributed by atoms with Crippen LogP contribution in [0.5, 0.6) is 0 Å². The average Bonchev–Trinajstić information content (AvgIpc) is 2.86. The third-order valence-electron chi connectivity index (χ3n) is 5.62. The summed E-state index contributed by atoms with van der Waals surface area (Å²) < 4.78 is 15.2. The lowest BCUT2D eigenvalue weighted by atomic mass is 9.88. The lowest BCUT2D eigenvalue weighted by Gasteiger charge is -2.41. The maximum Gasteiger partial charge on any atom is 0.159 e. The molecule has 156 valence electrons. The van der Waals surface area contributed by atoms with E-state index < -0.39 is 17.7 Å². The molecule has 4 heteroatoms. The molecule has 1 N–H and O–H groups in total. The summed E-state index contributed by atoms with van der Waals surface area (Å²) in [4.78, 5) is -0.630. The zero-order chi connectivity index (χ0) is 21.7. The summed E-state index contributed by atoms with van der Waals surface area (Å²) >= 11 is 1.45. The van der Waals surface area contributed by atoms with Crippen LogP contribution in [-0.4, -0.2) is 16.4 Å². The highest BCUT2D eigenvalue weighted by atomic mass is 32.2. The first kappa shape index (κ1) is 21.6. The Morgan fingerprint density at radius 1 is 0.645 bits per heavy atom. The van der Waals surface area contributed by atoms with Crippen LogP contribution in [0.3, 0.4) is 0 Å². The SMILES string of the molecule is CSC(C(O)(c1ccccc1)c1ccccc1)P(=O)(c1ccccc1)c1ccccc1. The van der Waals surface area contributed by atoms with Crippen LogP contribution in [-0.2, 0) is 10.2 Å². The van der Waals surface area contributed by atoms with Gasteiger partial charge in [0, 0.05) is 10.6 Å². The number of aliphatic hydroxyl groups is 1. The van der Waals surface area contributed by atoms with Gasteiger partial charge in [0.2, 0.25) is 0 Å². The van der Waals surface area contributed by atoms with E-state index in [0.717, 1.165) is 21.7 Å². The van der Waals surface area contributed by atoms with E-state index in [-0.39, 0.29) is 0 Å². The summed E-state index contributed by atoms with van der Waals surface area (Å²) in [7, 11) is -3.27. The van der Waals surface area contributed by atoms with Gasteiger partial charge in [-0.05, 0) is 17.4 Å². The van der Waals surface area contributed by atoms with Crippen LogP contribution in [0.4, 0.5) is 0 Å². The fourth-order valence-electron chi connectivity index (χ4n) is 4.14. The third-order valence-corrected chi connectivity index (χ3v) is 11.1. The van der Waals surface area contributed by atoms with Crippen molar-refractivity contribution in [2.24, 2.45) is 0 Å². The second-order valence-electron chi connectivity index (χ2n) is 7.42. The lowest BCUT2D eigenvalue weighted by molar-refractivity contribution is 0.0970. The first-order valence-electron chi connectivity index (χ1n) is 10.2. The van der Waals surface area contributed by atoms with Crippen molar-refractivity contribution < 1.29 is 9.67 Å². The zero-order valence-electron chi connectivity index (χ0n) is 17.3. The van der Waals surface area contributed by atoms with Crippen LogP contribution in [0.2, 0.25) is 0 Å². The van der Waals surface area contributed by atoms with Gasteiger partial charge in [0.25, 0.3) is 0 Å². The molecule has 0 aliphatic carbocycles. The van der Waals surface area contributed by atoms with Crippen LogP contribution in [0.15, 0.2) is 121 Å². The molecule has 0 fully saturated rings. The maximum absolute atomic E-state index is 15.2. The van der Waals surface area contributed by atoms with Crippen LogP contribution in [0, 0.1) is 0 Å². The first-order valence-corrected chi connectivity index (χ1v) is 13.3. The molecule has 0 spiro atoms. The molecule has 0 heterocycles. The van der Waals surface area contributed by atoms with Crippen molar-refractivity contribution in [2.45, 2.75) is 10.6 Å². The van der Waals surface area contributed by atoms with Gasteiger partial charge in [0.1, 0.15) is 10.6 Å². The second kappa shape index (κ2) is 9.28. The summed E-state index contributed by atoms with van der Waals surface area (Å²) in [6.45, 7) is 0. The molecule has 0 aromatic heterocycles. The highest BCUT2D eigenvalue weighted by Crippen LogP contribution is 2.60. The minimum Gasteiger partial charge on any atom is -0.379 e. The molecule has 1 unspecified atom stereocenters. The highest BCUT2D eigenvalue weighted by molar-refractivity contribution is 8.08. The van der Waals surface area contributed by atoms with Gasteiger partial charge in [0.05, 0.1) is 0 Å². The molecule has 0 amide bonds. The Hall–Kier alpha value is -2.58. The molecule has 0 radical (unpaired) electrons. The minimum atomic E-state index is -3.27. The fraction of sp³-hybridized carbons (Fsp3) is 0.111. The molecule has 0 bridgehead atoms. The number of hydrogen-bond donors (Lipinski definition) is 1. The quantitative estimate of drug-likeness (QED) is 0.376. The first-order chi connectivity index (χ1) is 15.1. The Morgan fingerprint density at radius 3 is 1.29 bits per heavy atom. The van der Waals surface area contributed by atoms with Crippen molar-refractivity contribution >= 4 is 29.5 Å². The molecular weight excluding hydrogens is 419 g/mol. The van der Waals surface area contributed by atoms with Crippen molar-refractivity contribution in [3.05, 3.63) is 132 Å². The molecule has 4 aromatic rings. The monoisotopic (exact) mass is 444 g/mol. The molecule has 4 aromatic carbocycles. The Balaban J connectivity index is 2.03. The van der Waals surface area contributed by atoms with Gasteiger partial charge in [-0.2, -0.15) is 0 Å². The highest BCUT2D eigenvalue weighted by Gasteiger charge is 2.51. The van der Waals surface area contributed by atoms with Crippen LogP contribution in [0.1, 0.15) is 11.1 Å². The van der Waals surface area contributed by atoms with Crippen molar-refractivity contribution in [1.82, 2.24) is 0 Å². The fourth-order valence-corrected chi connectivity index (χ4v) is 9.56. The Bertz CT molecular complexity index is 1070. The molecular formula is C27H25O2PS. The molecule has 1 atom stereocenters. The van der Waals surface area contributed by atoms with Crippen molar-refractivity contribution in [1.29, 1.82) is 0 Å². The Kier molecular flexibility index (Phi) is 6.48.